The van der Waals surface area contributed by atoms with Gasteiger partial charge in [-0.15, -0.1) is 0 Å². The number of benzene rings is 1. The molecular formula is C16H26N4O3S. The van der Waals surface area contributed by atoms with Crippen molar-refractivity contribution in [3.8, 4) is 0 Å². The third-order valence-electron chi connectivity index (χ3n) is 3.75. The number of hydrogen-bond acceptors (Lipinski definition) is 4. The molecule has 1 aromatic rings. The van der Waals surface area contributed by atoms with E-state index in [0.717, 1.165) is 31.4 Å². The molecule has 1 fully saturated rings. The monoisotopic (exact) mass is 354 g/mol. The summed E-state index contributed by atoms with van der Waals surface area (Å²) >= 11 is 0. The third-order valence-corrected chi connectivity index (χ3v) is 5.19. The Kier molecular flexibility index (Phi) is 7.01. The lowest BCUT2D eigenvalue weighted by molar-refractivity contribution is 0.114. The first-order chi connectivity index (χ1) is 11.5. The summed E-state index contributed by atoms with van der Waals surface area (Å²) in [5.74, 6) is 0.395. The van der Waals surface area contributed by atoms with E-state index in [1.165, 1.54) is 0 Å². The number of nitrogens with zero attached hydrogens (tertiary/aromatic N) is 1. The van der Waals surface area contributed by atoms with E-state index in [2.05, 4.69) is 15.0 Å². The Morgan fingerprint density at radius 3 is 2.75 bits per heavy atom. The fourth-order valence-electron chi connectivity index (χ4n) is 2.35. The Hall–Kier alpha value is -1.64. The van der Waals surface area contributed by atoms with Gasteiger partial charge in [-0.3, -0.25) is 0 Å². The molecule has 0 aliphatic carbocycles. The van der Waals surface area contributed by atoms with Gasteiger partial charge in [0.1, 0.15) is 0 Å². The minimum atomic E-state index is -3.51. The van der Waals surface area contributed by atoms with Gasteiger partial charge in [0.15, 0.2) is 5.96 Å². The number of sulfonamides is 1. The second-order valence-electron chi connectivity index (χ2n) is 5.76. The minimum Gasteiger partial charge on any atom is -0.377 e. The lowest BCUT2D eigenvalue weighted by atomic mass is 10.2. The molecule has 1 unspecified atom stereocenters. The number of ether oxygens (including phenoxy) is 1. The SMILES string of the molecule is CCCNC(N)=NCc1ccc(S(=O)(=O)NCC2CCCO2)cc1. The molecule has 24 heavy (non-hydrogen) atoms. The summed E-state index contributed by atoms with van der Waals surface area (Å²) in [5, 5.41) is 2.99. The number of guanidine groups is 1. The van der Waals surface area contributed by atoms with Crippen LogP contribution in [0.25, 0.3) is 0 Å². The summed E-state index contributed by atoms with van der Waals surface area (Å²) in [4.78, 5) is 4.46. The highest BCUT2D eigenvalue weighted by Crippen LogP contribution is 2.14. The van der Waals surface area contributed by atoms with Crippen LogP contribution >= 0.6 is 0 Å². The first kappa shape index (κ1) is 18.7. The highest BCUT2D eigenvalue weighted by atomic mass is 32.2. The number of nitrogens with one attached hydrogen (secondary N) is 2. The van der Waals surface area contributed by atoms with Crippen molar-refractivity contribution in [1.29, 1.82) is 0 Å². The van der Waals surface area contributed by atoms with Crippen molar-refractivity contribution in [2.75, 3.05) is 19.7 Å². The number of nitrogens with two attached hydrogens (primary N) is 1. The summed E-state index contributed by atoms with van der Waals surface area (Å²) in [7, 11) is -3.51. The summed E-state index contributed by atoms with van der Waals surface area (Å²) in [5.41, 5.74) is 6.62. The van der Waals surface area contributed by atoms with Crippen molar-refractivity contribution in [3.63, 3.8) is 0 Å². The van der Waals surface area contributed by atoms with E-state index in [-0.39, 0.29) is 11.0 Å². The topological polar surface area (TPSA) is 106 Å². The van der Waals surface area contributed by atoms with E-state index in [9.17, 15) is 8.42 Å². The first-order valence-electron chi connectivity index (χ1n) is 8.25. The molecule has 1 heterocycles. The molecule has 134 valence electrons. The lowest BCUT2D eigenvalue weighted by Gasteiger charge is -2.11. The van der Waals surface area contributed by atoms with Crippen LogP contribution in [-0.2, 0) is 21.3 Å². The van der Waals surface area contributed by atoms with Crippen LogP contribution < -0.4 is 15.8 Å². The Balaban J connectivity index is 1.90. The minimum absolute atomic E-state index is 0.0213. The maximum atomic E-state index is 12.3. The highest BCUT2D eigenvalue weighted by molar-refractivity contribution is 7.89. The molecule has 0 bridgehead atoms. The second-order valence-corrected chi connectivity index (χ2v) is 7.53. The Morgan fingerprint density at radius 2 is 2.12 bits per heavy atom. The molecule has 1 saturated heterocycles. The zero-order chi connectivity index (χ0) is 17.4. The molecule has 7 nitrogen and oxygen atoms in total. The summed E-state index contributed by atoms with van der Waals surface area (Å²) in [6.07, 6.45) is 2.83. The second kappa shape index (κ2) is 9.00. The van der Waals surface area contributed by atoms with E-state index >= 15 is 0 Å². The predicted molar refractivity (Wildman–Crippen MR) is 94.2 cm³/mol. The summed E-state index contributed by atoms with van der Waals surface area (Å²) < 4.78 is 32.5. The molecule has 0 amide bonds. The predicted octanol–water partition coefficient (Wildman–Crippen LogP) is 0.958. The normalized spacial score (nSPS) is 18.7. The fraction of sp³-hybridized carbons (Fsp3) is 0.562. The molecule has 1 aliphatic heterocycles. The van der Waals surface area contributed by atoms with Crippen LogP contribution in [0.1, 0.15) is 31.7 Å². The van der Waals surface area contributed by atoms with Crippen molar-refractivity contribution in [2.24, 2.45) is 10.7 Å². The van der Waals surface area contributed by atoms with Crippen LogP contribution in [0, 0.1) is 0 Å². The van der Waals surface area contributed by atoms with Gasteiger partial charge in [0.2, 0.25) is 10.0 Å². The smallest absolute Gasteiger partial charge is 0.240 e. The van der Waals surface area contributed by atoms with Gasteiger partial charge < -0.3 is 15.8 Å². The van der Waals surface area contributed by atoms with Gasteiger partial charge in [0.05, 0.1) is 17.5 Å². The first-order valence-corrected chi connectivity index (χ1v) is 9.73. The largest absolute Gasteiger partial charge is 0.377 e. The molecule has 8 heteroatoms. The van der Waals surface area contributed by atoms with Crippen LogP contribution in [0.3, 0.4) is 0 Å². The van der Waals surface area contributed by atoms with Crippen molar-refractivity contribution in [2.45, 2.75) is 43.7 Å². The van der Waals surface area contributed by atoms with Gasteiger partial charge in [-0.05, 0) is 37.0 Å². The fourth-order valence-corrected chi connectivity index (χ4v) is 3.42. The van der Waals surface area contributed by atoms with Crippen molar-refractivity contribution < 1.29 is 13.2 Å². The average Bonchev–Trinajstić information content (AvgIpc) is 3.10. The van der Waals surface area contributed by atoms with E-state index in [1.807, 2.05) is 6.92 Å². The molecule has 0 spiro atoms. The van der Waals surface area contributed by atoms with Gasteiger partial charge in [0, 0.05) is 19.7 Å². The van der Waals surface area contributed by atoms with Crippen molar-refractivity contribution in [3.05, 3.63) is 29.8 Å². The zero-order valence-electron chi connectivity index (χ0n) is 14.0. The molecular weight excluding hydrogens is 328 g/mol. The zero-order valence-corrected chi connectivity index (χ0v) is 14.8. The molecule has 1 aliphatic rings. The maximum absolute atomic E-state index is 12.3. The van der Waals surface area contributed by atoms with Crippen LogP contribution in [-0.4, -0.2) is 40.2 Å². The third kappa shape index (κ3) is 5.77. The van der Waals surface area contributed by atoms with Crippen LogP contribution in [0.15, 0.2) is 34.2 Å². The van der Waals surface area contributed by atoms with E-state index in [0.29, 0.717) is 25.7 Å². The molecule has 1 aromatic carbocycles. The van der Waals surface area contributed by atoms with Gasteiger partial charge >= 0.3 is 0 Å². The van der Waals surface area contributed by atoms with E-state index in [1.54, 1.807) is 24.3 Å². The summed E-state index contributed by atoms with van der Waals surface area (Å²) in [6, 6.07) is 6.66. The van der Waals surface area contributed by atoms with E-state index in [4.69, 9.17) is 10.5 Å². The van der Waals surface area contributed by atoms with E-state index < -0.39 is 10.0 Å². The van der Waals surface area contributed by atoms with Crippen LogP contribution in [0.5, 0.6) is 0 Å². The number of aliphatic imine (C=N–C) groups is 1. The van der Waals surface area contributed by atoms with Gasteiger partial charge in [-0.2, -0.15) is 0 Å². The van der Waals surface area contributed by atoms with Gasteiger partial charge in [-0.25, -0.2) is 18.1 Å². The molecule has 4 N–H and O–H groups in total. The summed E-state index contributed by atoms with van der Waals surface area (Å²) in [6.45, 7) is 4.26. The van der Waals surface area contributed by atoms with Gasteiger partial charge in [-0.1, -0.05) is 19.1 Å². The number of hydrogen-bond donors (Lipinski definition) is 3. The quantitative estimate of drug-likeness (QED) is 0.476. The molecule has 0 aromatic heterocycles. The van der Waals surface area contributed by atoms with Crippen molar-refractivity contribution >= 4 is 16.0 Å². The molecule has 2 rings (SSSR count). The van der Waals surface area contributed by atoms with Crippen molar-refractivity contribution in [1.82, 2.24) is 10.0 Å². The Labute approximate surface area is 143 Å². The standard InChI is InChI=1S/C16H26N4O3S/c1-2-9-18-16(17)19-11-13-5-7-15(8-6-13)24(21,22)20-12-14-4-3-10-23-14/h5-8,14,20H,2-4,9-12H2,1H3,(H3,17,18,19). The Morgan fingerprint density at radius 1 is 1.38 bits per heavy atom. The molecule has 0 radical (unpaired) electrons. The molecule has 1 atom stereocenters. The van der Waals surface area contributed by atoms with Crippen LogP contribution in [0.4, 0.5) is 0 Å². The highest BCUT2D eigenvalue weighted by Gasteiger charge is 2.20. The Bertz CT molecular complexity index is 638. The number of rotatable bonds is 8. The van der Waals surface area contributed by atoms with Gasteiger partial charge in [0.25, 0.3) is 0 Å². The lowest BCUT2D eigenvalue weighted by Crippen LogP contribution is -2.32. The maximum Gasteiger partial charge on any atom is 0.240 e. The molecule has 0 saturated carbocycles. The average molecular weight is 354 g/mol. The van der Waals surface area contributed by atoms with Crippen LogP contribution in [0.2, 0.25) is 0 Å².